The van der Waals surface area contributed by atoms with Crippen LogP contribution in [0.5, 0.6) is 0 Å². The van der Waals surface area contributed by atoms with Crippen LogP contribution in [0.1, 0.15) is 11.4 Å². The third kappa shape index (κ3) is 2.87. The van der Waals surface area contributed by atoms with Gasteiger partial charge in [-0.25, -0.2) is 17.8 Å². The first-order valence-electron chi connectivity index (χ1n) is 5.88. The van der Waals surface area contributed by atoms with E-state index in [4.69, 9.17) is 5.73 Å². The summed E-state index contributed by atoms with van der Waals surface area (Å²) in [5, 5.41) is 0. The molecule has 8 heteroatoms. The Kier molecular flexibility index (Phi) is 4.17. The molecule has 0 amide bonds. The molecule has 0 fully saturated rings. The predicted octanol–water partition coefficient (Wildman–Crippen LogP) is 0.828. The molecule has 1 heterocycles. The molecule has 2 aromatic rings. The van der Waals surface area contributed by atoms with E-state index in [2.05, 4.69) is 9.97 Å². The van der Waals surface area contributed by atoms with Crippen molar-refractivity contribution in [1.29, 1.82) is 0 Å². The summed E-state index contributed by atoms with van der Waals surface area (Å²) in [6.45, 7) is 0.0434. The van der Waals surface area contributed by atoms with Gasteiger partial charge in [0.15, 0.2) is 0 Å². The Labute approximate surface area is 116 Å². The summed E-state index contributed by atoms with van der Waals surface area (Å²) in [6, 6.07) is 3.58. The Morgan fingerprint density at radius 3 is 2.80 bits per heavy atom. The summed E-state index contributed by atoms with van der Waals surface area (Å²) in [5.74, 6) is 0.0115. The van der Waals surface area contributed by atoms with E-state index in [1.165, 1.54) is 19.2 Å². The molecule has 3 N–H and O–H groups in total. The van der Waals surface area contributed by atoms with Crippen LogP contribution in [0.15, 0.2) is 35.5 Å². The largest absolute Gasteiger partial charge is 0.347 e. The van der Waals surface area contributed by atoms with Gasteiger partial charge in [0.1, 0.15) is 11.6 Å². The highest BCUT2D eigenvalue weighted by molar-refractivity contribution is 7.89. The number of nitrogens with zero attached hydrogens (tertiary/aromatic N) is 2. The molecular formula is C12H15FN4O2S. The quantitative estimate of drug-likeness (QED) is 0.855. The van der Waals surface area contributed by atoms with Crippen molar-refractivity contribution >= 4 is 10.0 Å². The third-order valence-corrected chi connectivity index (χ3v) is 4.67. The number of hydrogen-bond acceptors (Lipinski definition) is 4. The van der Waals surface area contributed by atoms with Crippen LogP contribution in [0, 0.1) is 5.82 Å². The SMILES string of the molecule is CN(Cc1ncc[nH]1)S(=O)(=O)c1ccc(F)c(CN)c1. The standard InChI is InChI=1S/C12H15FN4O2S/c1-17(8-12-15-4-5-16-12)20(18,19)10-2-3-11(13)9(6-10)7-14/h2-6H,7-8,14H2,1H3,(H,15,16). The first-order chi connectivity index (χ1) is 9.45. The maximum atomic E-state index is 13.4. The Balaban J connectivity index is 2.29. The molecule has 0 spiro atoms. The number of H-pyrrole nitrogens is 1. The van der Waals surface area contributed by atoms with Crippen LogP contribution in [0.3, 0.4) is 0 Å². The molecule has 0 unspecified atom stereocenters. The summed E-state index contributed by atoms with van der Waals surface area (Å²) < 4.78 is 39.2. The molecule has 0 bridgehead atoms. The maximum absolute atomic E-state index is 13.4. The van der Waals surface area contributed by atoms with Gasteiger partial charge in [0.2, 0.25) is 10.0 Å². The van der Waals surface area contributed by atoms with Crippen LogP contribution in [0.25, 0.3) is 0 Å². The number of imidazole rings is 1. The lowest BCUT2D eigenvalue weighted by Crippen LogP contribution is -2.27. The summed E-state index contributed by atoms with van der Waals surface area (Å²) >= 11 is 0. The topological polar surface area (TPSA) is 92.1 Å². The minimum atomic E-state index is -3.71. The number of rotatable bonds is 5. The van der Waals surface area contributed by atoms with Gasteiger partial charge in [-0.3, -0.25) is 0 Å². The van der Waals surface area contributed by atoms with Gasteiger partial charge < -0.3 is 10.7 Å². The lowest BCUT2D eigenvalue weighted by molar-refractivity contribution is 0.458. The van der Waals surface area contributed by atoms with Crippen molar-refractivity contribution in [1.82, 2.24) is 14.3 Å². The lowest BCUT2D eigenvalue weighted by Gasteiger charge is -2.16. The molecule has 20 heavy (non-hydrogen) atoms. The summed E-state index contributed by atoms with van der Waals surface area (Å²) in [5.41, 5.74) is 5.55. The highest BCUT2D eigenvalue weighted by Crippen LogP contribution is 2.19. The average molecular weight is 298 g/mol. The number of halogens is 1. The van der Waals surface area contributed by atoms with Gasteiger partial charge in [0.05, 0.1) is 11.4 Å². The second-order valence-electron chi connectivity index (χ2n) is 4.25. The monoisotopic (exact) mass is 298 g/mol. The van der Waals surface area contributed by atoms with Gasteiger partial charge in [-0.2, -0.15) is 4.31 Å². The molecule has 0 radical (unpaired) electrons. The molecule has 1 aromatic carbocycles. The van der Waals surface area contributed by atoms with E-state index in [0.717, 1.165) is 10.4 Å². The normalized spacial score (nSPS) is 12.0. The van der Waals surface area contributed by atoms with Crippen LogP contribution in [-0.4, -0.2) is 29.7 Å². The minimum absolute atomic E-state index is 0.00778. The van der Waals surface area contributed by atoms with Crippen molar-refractivity contribution in [3.8, 4) is 0 Å². The van der Waals surface area contributed by atoms with Crippen molar-refractivity contribution in [2.45, 2.75) is 18.0 Å². The highest BCUT2D eigenvalue weighted by atomic mass is 32.2. The van der Waals surface area contributed by atoms with Gasteiger partial charge in [-0.15, -0.1) is 0 Å². The highest BCUT2D eigenvalue weighted by Gasteiger charge is 2.22. The number of aromatic amines is 1. The summed E-state index contributed by atoms with van der Waals surface area (Å²) in [6.07, 6.45) is 3.15. The number of hydrogen-bond donors (Lipinski definition) is 2. The molecule has 1 aromatic heterocycles. The van der Waals surface area contributed by atoms with Gasteiger partial charge in [0, 0.05) is 31.5 Å². The first kappa shape index (κ1) is 14.6. The van der Waals surface area contributed by atoms with E-state index in [9.17, 15) is 12.8 Å². The average Bonchev–Trinajstić information content (AvgIpc) is 2.91. The van der Waals surface area contributed by atoms with Gasteiger partial charge in [-0.05, 0) is 18.2 Å². The molecule has 0 aliphatic carbocycles. The van der Waals surface area contributed by atoms with Gasteiger partial charge >= 0.3 is 0 Å². The smallest absolute Gasteiger partial charge is 0.243 e. The maximum Gasteiger partial charge on any atom is 0.243 e. The van der Waals surface area contributed by atoms with Gasteiger partial charge in [-0.1, -0.05) is 0 Å². The van der Waals surface area contributed by atoms with Crippen LogP contribution in [0.2, 0.25) is 0 Å². The third-order valence-electron chi connectivity index (χ3n) is 2.87. The summed E-state index contributed by atoms with van der Waals surface area (Å²) in [4.78, 5) is 6.80. The molecule has 0 aliphatic heterocycles. The fourth-order valence-electron chi connectivity index (χ4n) is 1.73. The van der Waals surface area contributed by atoms with Crippen LogP contribution < -0.4 is 5.73 Å². The number of nitrogens with two attached hydrogens (primary N) is 1. The predicted molar refractivity (Wildman–Crippen MR) is 71.5 cm³/mol. The molecule has 108 valence electrons. The lowest BCUT2D eigenvalue weighted by atomic mass is 10.2. The van der Waals surface area contributed by atoms with Crippen LogP contribution in [0.4, 0.5) is 4.39 Å². The zero-order valence-corrected chi connectivity index (χ0v) is 11.7. The van der Waals surface area contributed by atoms with E-state index in [1.54, 1.807) is 12.4 Å². The van der Waals surface area contributed by atoms with Crippen molar-refractivity contribution in [3.63, 3.8) is 0 Å². The number of sulfonamides is 1. The van der Waals surface area contributed by atoms with E-state index in [-0.39, 0.29) is 23.5 Å². The van der Waals surface area contributed by atoms with Crippen molar-refractivity contribution in [2.75, 3.05) is 7.05 Å². The molecule has 0 aliphatic rings. The second-order valence-corrected chi connectivity index (χ2v) is 6.30. The molecule has 0 atom stereocenters. The number of aromatic nitrogens is 2. The van der Waals surface area contributed by atoms with Crippen molar-refractivity contribution in [3.05, 3.63) is 47.8 Å². The molecule has 0 saturated carbocycles. The first-order valence-corrected chi connectivity index (χ1v) is 7.32. The Bertz CT molecular complexity index is 685. The number of benzene rings is 1. The van der Waals surface area contributed by atoms with Crippen LogP contribution >= 0.6 is 0 Å². The molecule has 6 nitrogen and oxygen atoms in total. The van der Waals surface area contributed by atoms with E-state index >= 15 is 0 Å². The fourth-order valence-corrected chi connectivity index (χ4v) is 2.91. The minimum Gasteiger partial charge on any atom is -0.347 e. The Morgan fingerprint density at radius 2 is 2.20 bits per heavy atom. The zero-order chi connectivity index (χ0) is 14.8. The summed E-state index contributed by atoms with van der Waals surface area (Å²) in [7, 11) is -2.28. The molecule has 2 rings (SSSR count). The molecular weight excluding hydrogens is 283 g/mol. The Morgan fingerprint density at radius 1 is 1.45 bits per heavy atom. The van der Waals surface area contributed by atoms with E-state index in [1.807, 2.05) is 0 Å². The van der Waals surface area contributed by atoms with E-state index in [0.29, 0.717) is 5.82 Å². The van der Waals surface area contributed by atoms with Crippen molar-refractivity contribution < 1.29 is 12.8 Å². The van der Waals surface area contributed by atoms with Crippen molar-refractivity contribution in [2.24, 2.45) is 5.73 Å². The second kappa shape index (κ2) is 5.70. The fraction of sp³-hybridized carbons (Fsp3) is 0.250. The Hall–Kier alpha value is -1.77. The number of nitrogens with one attached hydrogen (secondary N) is 1. The van der Waals surface area contributed by atoms with E-state index < -0.39 is 15.8 Å². The zero-order valence-electron chi connectivity index (χ0n) is 10.9. The van der Waals surface area contributed by atoms with Gasteiger partial charge in [0.25, 0.3) is 0 Å². The van der Waals surface area contributed by atoms with Crippen LogP contribution in [-0.2, 0) is 23.1 Å². The molecule has 0 saturated heterocycles.